The first-order valence-corrected chi connectivity index (χ1v) is 23.0. The average molecular weight is 800 g/mol. The van der Waals surface area contributed by atoms with Crippen molar-refractivity contribution in [3.8, 4) is 0 Å². The van der Waals surface area contributed by atoms with E-state index in [0.717, 1.165) is 77.0 Å². The molecule has 0 aliphatic rings. The van der Waals surface area contributed by atoms with Gasteiger partial charge in [0.1, 0.15) is 12.7 Å². The highest BCUT2D eigenvalue weighted by atomic mass is 31.2. The van der Waals surface area contributed by atoms with Gasteiger partial charge >= 0.3 is 19.8 Å². The molecular weight excluding hydrogens is 721 g/mol. The third-order valence-electron chi connectivity index (χ3n) is 9.15. The van der Waals surface area contributed by atoms with E-state index < -0.39 is 57.6 Å². The first-order chi connectivity index (χ1) is 26.6. The Kier molecular flexibility index (Phi) is 37.0. The van der Waals surface area contributed by atoms with Crippen molar-refractivity contribution in [2.24, 2.45) is 0 Å². The van der Waals surface area contributed by atoms with Crippen LogP contribution in [0, 0.1) is 0 Å². The Labute approximate surface area is 333 Å². The summed E-state index contributed by atoms with van der Waals surface area (Å²) in [5.74, 6) is -2.39. The second kappa shape index (κ2) is 38.6. The lowest BCUT2D eigenvalue weighted by Crippen LogP contribution is -2.43. The summed E-state index contributed by atoms with van der Waals surface area (Å²) in [4.78, 5) is 45.8. The summed E-state index contributed by atoms with van der Waals surface area (Å²) in [5, 5.41) is 21.8. The third-order valence-corrected chi connectivity index (χ3v) is 10.1. The number of phosphoric acid groups is 1. The van der Waals surface area contributed by atoms with Crippen LogP contribution in [0.15, 0.2) is 36.5 Å². The third kappa shape index (κ3) is 38.4. The number of esters is 1. The summed E-state index contributed by atoms with van der Waals surface area (Å²) in [7, 11) is -4.76. The van der Waals surface area contributed by atoms with Crippen molar-refractivity contribution in [1.29, 1.82) is 0 Å². The van der Waals surface area contributed by atoms with Crippen molar-refractivity contribution in [1.82, 2.24) is 5.32 Å². The molecule has 0 aromatic heterocycles. The molecule has 11 nitrogen and oxygen atoms in total. The zero-order valence-corrected chi connectivity index (χ0v) is 35.4. The summed E-state index contributed by atoms with van der Waals surface area (Å²) in [6.45, 7) is 2.53. The van der Waals surface area contributed by atoms with Gasteiger partial charge in [-0.1, -0.05) is 140 Å². The standard InChI is InChI=1S/C43H78NO10P/c1-3-5-7-9-11-13-15-17-18-19-20-21-22-23-24-26-28-30-32-34-41(46)44-40(43(48)49)38-54-55(50,51)53-37-39(45)36-52-42(47)35-33-31-29-27-25-16-14-12-10-8-6-4-2/h11-14,17-18,39-40,45H,3-10,15-16,19-38H2,1-2H3,(H,44,46)(H,48,49)(H,50,51)/b13-11-,14-12-,18-17-. The summed E-state index contributed by atoms with van der Waals surface area (Å²) >= 11 is 0. The fraction of sp³-hybridized carbons (Fsp3) is 0.791. The molecular formula is C43H78NO10P. The number of carbonyl (C=O) groups is 3. The number of nitrogens with one attached hydrogen (secondary N) is 1. The second-order valence-corrected chi connectivity index (χ2v) is 16.0. The molecule has 0 aromatic rings. The molecule has 0 spiro atoms. The van der Waals surface area contributed by atoms with Crippen LogP contribution in [0.4, 0.5) is 0 Å². The number of ether oxygens (including phenoxy) is 1. The van der Waals surface area contributed by atoms with Crippen molar-refractivity contribution >= 4 is 25.7 Å². The van der Waals surface area contributed by atoms with Crippen LogP contribution in [0.3, 0.4) is 0 Å². The Morgan fingerprint density at radius 2 is 1.00 bits per heavy atom. The van der Waals surface area contributed by atoms with E-state index in [1.165, 1.54) is 70.6 Å². The van der Waals surface area contributed by atoms with E-state index in [1.54, 1.807) is 0 Å². The molecule has 1 amide bonds. The molecule has 320 valence electrons. The van der Waals surface area contributed by atoms with Crippen LogP contribution in [0.2, 0.25) is 0 Å². The number of carboxylic acid groups (broad SMARTS) is 1. The Morgan fingerprint density at radius 1 is 0.582 bits per heavy atom. The number of unbranched alkanes of at least 4 members (excludes halogenated alkanes) is 20. The lowest BCUT2D eigenvalue weighted by molar-refractivity contribution is -0.147. The highest BCUT2D eigenvalue weighted by Gasteiger charge is 2.28. The van der Waals surface area contributed by atoms with Gasteiger partial charge in [-0.25, -0.2) is 9.36 Å². The minimum Gasteiger partial charge on any atom is -0.480 e. The van der Waals surface area contributed by atoms with Crippen LogP contribution in [0.1, 0.15) is 187 Å². The van der Waals surface area contributed by atoms with Gasteiger partial charge in [0, 0.05) is 12.8 Å². The Balaban J connectivity index is 3.92. The van der Waals surface area contributed by atoms with E-state index in [2.05, 4.69) is 55.6 Å². The zero-order chi connectivity index (χ0) is 40.7. The zero-order valence-electron chi connectivity index (χ0n) is 34.5. The largest absolute Gasteiger partial charge is 0.480 e. The summed E-state index contributed by atoms with van der Waals surface area (Å²) in [5.41, 5.74) is 0. The van der Waals surface area contributed by atoms with Crippen LogP contribution in [0.25, 0.3) is 0 Å². The van der Waals surface area contributed by atoms with Gasteiger partial charge < -0.3 is 25.2 Å². The molecule has 4 N–H and O–H groups in total. The van der Waals surface area contributed by atoms with E-state index in [-0.39, 0.29) is 12.8 Å². The number of aliphatic hydroxyl groups excluding tert-OH is 1. The maximum absolute atomic E-state index is 12.3. The molecule has 0 aliphatic heterocycles. The van der Waals surface area contributed by atoms with Crippen molar-refractivity contribution in [2.75, 3.05) is 19.8 Å². The van der Waals surface area contributed by atoms with Gasteiger partial charge in [0.05, 0.1) is 13.2 Å². The van der Waals surface area contributed by atoms with Gasteiger partial charge in [0.2, 0.25) is 5.91 Å². The van der Waals surface area contributed by atoms with E-state index >= 15 is 0 Å². The van der Waals surface area contributed by atoms with E-state index in [1.807, 2.05) is 0 Å². The van der Waals surface area contributed by atoms with E-state index in [4.69, 9.17) is 13.8 Å². The first-order valence-electron chi connectivity index (χ1n) is 21.5. The summed E-state index contributed by atoms with van der Waals surface area (Å²) in [6, 6.07) is -1.55. The number of amides is 1. The fourth-order valence-electron chi connectivity index (χ4n) is 5.75. The van der Waals surface area contributed by atoms with Crippen molar-refractivity contribution in [3.63, 3.8) is 0 Å². The molecule has 55 heavy (non-hydrogen) atoms. The van der Waals surface area contributed by atoms with Crippen LogP contribution in [-0.2, 0) is 32.7 Å². The molecule has 12 heteroatoms. The van der Waals surface area contributed by atoms with Gasteiger partial charge in [-0.3, -0.25) is 18.6 Å². The number of rotatable bonds is 40. The second-order valence-electron chi connectivity index (χ2n) is 14.5. The van der Waals surface area contributed by atoms with E-state index in [0.29, 0.717) is 12.8 Å². The number of hydrogen-bond donors (Lipinski definition) is 4. The highest BCUT2D eigenvalue weighted by molar-refractivity contribution is 7.47. The maximum atomic E-state index is 12.3. The molecule has 0 saturated carbocycles. The molecule has 0 aliphatic carbocycles. The SMILES string of the molecule is CCCCC/C=C\C/C=C\CCCCCCCCCCCC(=O)NC(COP(=O)(O)OCC(O)COC(=O)CCCCCCC/C=C\CCCCC)C(=O)O. The van der Waals surface area contributed by atoms with Gasteiger partial charge in [0.15, 0.2) is 6.04 Å². The molecule has 0 bridgehead atoms. The lowest BCUT2D eigenvalue weighted by Gasteiger charge is -2.18. The molecule has 3 atom stereocenters. The van der Waals surface area contributed by atoms with Crippen molar-refractivity contribution in [2.45, 2.75) is 199 Å². The van der Waals surface area contributed by atoms with Crippen molar-refractivity contribution < 1.29 is 47.8 Å². The molecule has 0 saturated heterocycles. The fourth-order valence-corrected chi connectivity index (χ4v) is 6.52. The maximum Gasteiger partial charge on any atom is 0.472 e. The number of hydrogen-bond acceptors (Lipinski definition) is 8. The molecule has 0 heterocycles. The van der Waals surface area contributed by atoms with Gasteiger partial charge in [-0.05, 0) is 70.6 Å². The average Bonchev–Trinajstić information content (AvgIpc) is 3.16. The molecule has 3 unspecified atom stereocenters. The number of carboxylic acids is 1. The lowest BCUT2D eigenvalue weighted by atomic mass is 10.1. The number of allylic oxidation sites excluding steroid dienone is 6. The van der Waals surface area contributed by atoms with Crippen LogP contribution >= 0.6 is 7.82 Å². The highest BCUT2D eigenvalue weighted by Crippen LogP contribution is 2.43. The van der Waals surface area contributed by atoms with Gasteiger partial charge in [-0.15, -0.1) is 0 Å². The quantitative estimate of drug-likeness (QED) is 0.0202. The number of carbonyl (C=O) groups excluding carboxylic acids is 2. The van der Waals surface area contributed by atoms with Gasteiger partial charge in [0.25, 0.3) is 0 Å². The molecule has 0 radical (unpaired) electrons. The van der Waals surface area contributed by atoms with Crippen LogP contribution in [0.5, 0.6) is 0 Å². The molecule has 0 aromatic carbocycles. The molecule has 0 fully saturated rings. The summed E-state index contributed by atoms with van der Waals surface area (Å²) in [6.07, 6.45) is 40.2. The Hall–Kier alpha value is -2.30. The number of aliphatic carboxylic acids is 1. The Morgan fingerprint density at radius 3 is 1.49 bits per heavy atom. The molecule has 0 rings (SSSR count). The van der Waals surface area contributed by atoms with Crippen LogP contribution < -0.4 is 5.32 Å². The number of aliphatic hydroxyl groups is 1. The summed E-state index contributed by atoms with van der Waals surface area (Å²) < 4.78 is 26.8. The smallest absolute Gasteiger partial charge is 0.472 e. The van der Waals surface area contributed by atoms with Crippen LogP contribution in [-0.4, -0.2) is 64.9 Å². The minimum atomic E-state index is -4.76. The van der Waals surface area contributed by atoms with E-state index in [9.17, 15) is 34.1 Å². The first kappa shape index (κ1) is 52.7. The Bertz CT molecular complexity index is 1080. The monoisotopic (exact) mass is 800 g/mol. The predicted octanol–water partition coefficient (Wildman–Crippen LogP) is 10.8. The predicted molar refractivity (Wildman–Crippen MR) is 222 cm³/mol. The number of phosphoric ester groups is 1. The normalized spacial score (nSPS) is 14.1. The topological polar surface area (TPSA) is 169 Å². The minimum absolute atomic E-state index is 0.140. The van der Waals surface area contributed by atoms with Gasteiger partial charge in [-0.2, -0.15) is 0 Å². The van der Waals surface area contributed by atoms with Crippen molar-refractivity contribution in [3.05, 3.63) is 36.5 Å².